The molecule has 2 N–H and O–H groups in total. The lowest BCUT2D eigenvalue weighted by Gasteiger charge is -2.35. The van der Waals surface area contributed by atoms with Crippen molar-refractivity contribution < 1.29 is 32.6 Å². The van der Waals surface area contributed by atoms with Crippen LogP contribution in [0.25, 0.3) is 5.69 Å². The molecule has 48 heavy (non-hydrogen) atoms. The summed E-state index contributed by atoms with van der Waals surface area (Å²) in [5.74, 6) is -2.42. The van der Waals surface area contributed by atoms with Crippen LogP contribution in [-0.4, -0.2) is 49.3 Å². The number of alkyl halides is 2. The standard InChI is InChI=1S/C33H31BrClF3N6O4/c1-32(2,3)17-33(22-11-10-21(34)14-24(22)36)29(46)43(30(42-33)41-31(47)48-16-19-7-5-4-6-8-19)26(15-45)20-9-12-23(35)25(13-20)44-28(27(37)38)39-18-40-44/h4-14,18,26-27,45H,15-17H2,1-3H3,(H,41,42,47)/t26-,33-/m1/s1. The van der Waals surface area contributed by atoms with Gasteiger partial charge in [0.05, 0.1) is 23.4 Å². The van der Waals surface area contributed by atoms with E-state index >= 15 is 4.39 Å². The molecular formula is C33H31BrClF3N6O4. The molecule has 5 rings (SSSR count). The predicted octanol–water partition coefficient (Wildman–Crippen LogP) is 7.25. The predicted molar refractivity (Wildman–Crippen MR) is 175 cm³/mol. The summed E-state index contributed by atoms with van der Waals surface area (Å²) in [6, 6.07) is 16.1. The number of ether oxygens (including phenoxy) is 1. The topological polar surface area (TPSA) is 122 Å². The summed E-state index contributed by atoms with van der Waals surface area (Å²) in [6.45, 7) is 4.75. The first-order valence-corrected chi connectivity index (χ1v) is 15.9. The highest BCUT2D eigenvalue weighted by atomic mass is 79.9. The van der Waals surface area contributed by atoms with Crippen molar-refractivity contribution in [2.24, 2.45) is 10.4 Å². The van der Waals surface area contributed by atoms with Crippen LogP contribution in [0, 0.1) is 11.2 Å². The fourth-order valence-corrected chi connectivity index (χ4v) is 6.20. The fourth-order valence-electron chi connectivity index (χ4n) is 5.66. The zero-order valence-corrected chi connectivity index (χ0v) is 28.3. The number of aromatic nitrogens is 3. The van der Waals surface area contributed by atoms with Crippen LogP contribution in [0.4, 0.5) is 18.0 Å². The largest absolute Gasteiger partial charge is 0.443 e. The van der Waals surface area contributed by atoms with Crippen LogP contribution >= 0.6 is 27.5 Å². The summed E-state index contributed by atoms with van der Waals surface area (Å²) < 4.78 is 49.9. The first-order chi connectivity index (χ1) is 22.7. The molecule has 3 aromatic carbocycles. The molecule has 15 heteroatoms. The minimum atomic E-state index is -2.98. The second-order valence-corrected chi connectivity index (χ2v) is 13.6. The van der Waals surface area contributed by atoms with Crippen molar-refractivity contribution in [3.05, 3.63) is 111 Å². The van der Waals surface area contributed by atoms with Crippen LogP contribution in [0.5, 0.6) is 0 Å². The Hall–Kier alpha value is -4.27. The third-order valence-corrected chi connectivity index (χ3v) is 8.38. The number of benzene rings is 3. The van der Waals surface area contributed by atoms with E-state index in [4.69, 9.17) is 16.3 Å². The van der Waals surface area contributed by atoms with E-state index in [0.717, 1.165) is 15.9 Å². The van der Waals surface area contributed by atoms with Crippen molar-refractivity contribution >= 4 is 45.5 Å². The molecular weight excluding hydrogens is 717 g/mol. The van der Waals surface area contributed by atoms with Crippen LogP contribution < -0.4 is 5.32 Å². The number of aliphatic hydroxyl groups is 1. The lowest BCUT2D eigenvalue weighted by Crippen LogP contribution is -2.47. The molecule has 0 spiro atoms. The normalized spacial score (nSPS) is 18.0. The molecule has 1 aromatic heterocycles. The maximum atomic E-state index is 15.8. The molecule has 0 saturated carbocycles. The van der Waals surface area contributed by atoms with Crippen LogP contribution in [0.3, 0.4) is 0 Å². The van der Waals surface area contributed by atoms with Crippen LogP contribution in [0.1, 0.15) is 62.2 Å². The number of carbonyl (C=O) groups excluding carboxylic acids is 2. The van der Waals surface area contributed by atoms with Gasteiger partial charge in [-0.3, -0.25) is 9.69 Å². The van der Waals surface area contributed by atoms with Crippen molar-refractivity contribution in [1.29, 1.82) is 0 Å². The number of hydrogen-bond acceptors (Lipinski definition) is 6. The van der Waals surface area contributed by atoms with Gasteiger partial charge in [0.15, 0.2) is 5.82 Å². The number of nitrogens with zero attached hydrogens (tertiary/aromatic N) is 5. The molecule has 0 radical (unpaired) electrons. The molecule has 0 unspecified atom stereocenters. The zero-order chi connectivity index (χ0) is 34.8. The van der Waals surface area contributed by atoms with E-state index in [-0.39, 0.29) is 40.8 Å². The van der Waals surface area contributed by atoms with Gasteiger partial charge in [-0.1, -0.05) is 90.8 Å². The number of aliphatic imine (C=N–C) groups is 1. The molecule has 1 fully saturated rings. The average Bonchev–Trinajstić information content (AvgIpc) is 3.61. The molecule has 1 aliphatic rings. The van der Waals surface area contributed by atoms with Crippen LogP contribution in [0.2, 0.25) is 5.02 Å². The smallest absolute Gasteiger partial charge is 0.437 e. The maximum Gasteiger partial charge on any atom is 0.437 e. The number of hydrogen-bond donors (Lipinski definition) is 2. The number of aliphatic hydroxyl groups excluding tert-OH is 1. The Morgan fingerprint density at radius 1 is 1.15 bits per heavy atom. The van der Waals surface area contributed by atoms with Gasteiger partial charge >= 0.3 is 6.09 Å². The summed E-state index contributed by atoms with van der Waals surface area (Å²) >= 11 is 9.65. The van der Waals surface area contributed by atoms with Crippen molar-refractivity contribution in [1.82, 2.24) is 25.0 Å². The summed E-state index contributed by atoms with van der Waals surface area (Å²) in [6.07, 6.45) is -3.06. The molecule has 1 saturated heterocycles. The third-order valence-electron chi connectivity index (χ3n) is 7.56. The van der Waals surface area contributed by atoms with Gasteiger partial charge < -0.3 is 15.2 Å². The minimum absolute atomic E-state index is 0.000639. The van der Waals surface area contributed by atoms with Crippen LogP contribution in [-0.2, 0) is 21.7 Å². The number of halogens is 5. The summed E-state index contributed by atoms with van der Waals surface area (Å²) in [4.78, 5) is 36.7. The molecule has 4 aromatic rings. The molecule has 2 atom stereocenters. The van der Waals surface area contributed by atoms with Gasteiger partial charge in [0.1, 0.15) is 24.3 Å². The fraction of sp³-hybridized carbons (Fsp3) is 0.303. The molecule has 2 amide bonds. The highest BCUT2D eigenvalue weighted by molar-refractivity contribution is 9.10. The Labute approximate surface area is 287 Å². The number of carbonyl (C=O) groups is 2. The van der Waals surface area contributed by atoms with Crippen molar-refractivity contribution in [2.45, 2.75) is 51.8 Å². The van der Waals surface area contributed by atoms with Crippen LogP contribution in [0.15, 0.2) is 82.5 Å². The van der Waals surface area contributed by atoms with E-state index in [1.165, 1.54) is 30.3 Å². The SMILES string of the molecule is CC(C)(C)C[C@]1(c2ccc(Br)cc2F)NC(=NC(=O)OCc2ccccc2)N([C@H](CO)c2ccc(Cl)c(-n3ncnc3C(F)F)c2)C1=O. The Kier molecular flexibility index (Phi) is 10.3. The van der Waals surface area contributed by atoms with Gasteiger partial charge in [0, 0.05) is 10.0 Å². The highest BCUT2D eigenvalue weighted by Gasteiger charge is 2.56. The summed E-state index contributed by atoms with van der Waals surface area (Å²) in [5.41, 5.74) is -1.49. The second-order valence-electron chi connectivity index (χ2n) is 12.3. The minimum Gasteiger partial charge on any atom is -0.443 e. The highest BCUT2D eigenvalue weighted by Crippen LogP contribution is 2.44. The van der Waals surface area contributed by atoms with Gasteiger partial charge in [-0.2, -0.15) is 5.10 Å². The monoisotopic (exact) mass is 746 g/mol. The van der Waals surface area contributed by atoms with E-state index < -0.39 is 53.7 Å². The lowest BCUT2D eigenvalue weighted by atomic mass is 9.75. The zero-order valence-electron chi connectivity index (χ0n) is 26.0. The number of guanidine groups is 1. The van der Waals surface area contributed by atoms with E-state index in [1.807, 2.05) is 26.8 Å². The quantitative estimate of drug-likeness (QED) is 0.185. The Balaban J connectivity index is 1.65. The van der Waals surface area contributed by atoms with Crippen molar-refractivity contribution in [3.63, 3.8) is 0 Å². The van der Waals surface area contributed by atoms with E-state index in [2.05, 4.69) is 36.3 Å². The molecule has 0 aliphatic carbocycles. The maximum absolute atomic E-state index is 15.8. The van der Waals surface area contributed by atoms with E-state index in [9.17, 15) is 23.5 Å². The molecule has 1 aliphatic heterocycles. The first-order valence-electron chi connectivity index (χ1n) is 14.7. The lowest BCUT2D eigenvalue weighted by molar-refractivity contribution is -0.135. The van der Waals surface area contributed by atoms with Gasteiger partial charge in [0.2, 0.25) is 5.96 Å². The van der Waals surface area contributed by atoms with Gasteiger partial charge in [-0.05, 0) is 47.2 Å². The first kappa shape index (κ1) is 35.0. The number of nitrogens with one attached hydrogen (secondary N) is 1. The number of rotatable bonds is 9. The Morgan fingerprint density at radius 3 is 2.52 bits per heavy atom. The molecule has 2 heterocycles. The molecule has 0 bridgehead atoms. The summed E-state index contributed by atoms with van der Waals surface area (Å²) in [7, 11) is 0. The van der Waals surface area contributed by atoms with Gasteiger partial charge in [-0.15, -0.1) is 4.99 Å². The van der Waals surface area contributed by atoms with E-state index in [1.54, 1.807) is 30.3 Å². The van der Waals surface area contributed by atoms with Crippen molar-refractivity contribution in [2.75, 3.05) is 6.61 Å². The number of amides is 2. The molecule has 252 valence electrons. The average molecular weight is 748 g/mol. The third kappa shape index (κ3) is 7.25. The Morgan fingerprint density at radius 2 is 1.88 bits per heavy atom. The van der Waals surface area contributed by atoms with E-state index in [0.29, 0.717) is 10.0 Å². The van der Waals surface area contributed by atoms with Gasteiger partial charge in [-0.25, -0.2) is 27.6 Å². The Bertz CT molecular complexity index is 1850. The summed E-state index contributed by atoms with van der Waals surface area (Å²) in [5, 5.41) is 17.7. The molecule has 10 nitrogen and oxygen atoms in total. The van der Waals surface area contributed by atoms with Crippen molar-refractivity contribution in [3.8, 4) is 5.69 Å². The van der Waals surface area contributed by atoms with Gasteiger partial charge in [0.25, 0.3) is 12.3 Å². The second kappa shape index (κ2) is 14.1.